The summed E-state index contributed by atoms with van der Waals surface area (Å²) in [6, 6.07) is 6.79. The first-order chi connectivity index (χ1) is 12.5. The number of hydrogen-bond acceptors (Lipinski definition) is 2. The average Bonchev–Trinajstić information content (AvgIpc) is 2.61. The van der Waals surface area contributed by atoms with Crippen LogP contribution in [0.15, 0.2) is 30.3 Å². The van der Waals surface area contributed by atoms with Gasteiger partial charge in [-0.05, 0) is 48.6 Å². The van der Waals surface area contributed by atoms with E-state index in [0.717, 1.165) is 31.2 Å². The minimum absolute atomic E-state index is 0.242. The second kappa shape index (κ2) is 9.41. The van der Waals surface area contributed by atoms with Crippen molar-refractivity contribution in [2.75, 3.05) is 0 Å². The van der Waals surface area contributed by atoms with Gasteiger partial charge in [-0.2, -0.15) is 4.39 Å². The predicted octanol–water partition coefficient (Wildman–Crippen LogP) is 6.01. The van der Waals surface area contributed by atoms with Crippen LogP contribution in [0.1, 0.15) is 61.0 Å². The Bertz CT molecular complexity index is 772. The lowest BCUT2D eigenvalue weighted by Gasteiger charge is -2.10. The molecule has 0 heterocycles. The average molecular weight is 364 g/mol. The molecule has 0 saturated carbocycles. The molecule has 2 nitrogen and oxygen atoms in total. The van der Waals surface area contributed by atoms with Gasteiger partial charge in [0.15, 0.2) is 11.6 Å². The number of carbonyl (C=O) groups is 1. The lowest BCUT2D eigenvalue weighted by atomic mass is 10.1. The highest BCUT2D eigenvalue weighted by Gasteiger charge is 2.20. The van der Waals surface area contributed by atoms with Gasteiger partial charge in [0.2, 0.25) is 5.82 Å². The zero-order chi connectivity index (χ0) is 19.1. The monoisotopic (exact) mass is 364 g/mol. The zero-order valence-corrected chi connectivity index (χ0v) is 15.1. The van der Waals surface area contributed by atoms with Gasteiger partial charge < -0.3 is 4.74 Å². The van der Waals surface area contributed by atoms with Gasteiger partial charge in [0.25, 0.3) is 0 Å². The molecule has 0 unspecified atom stereocenters. The highest BCUT2D eigenvalue weighted by atomic mass is 19.2. The molecule has 0 fully saturated rings. The van der Waals surface area contributed by atoms with Crippen LogP contribution in [-0.2, 0) is 12.8 Å². The van der Waals surface area contributed by atoms with Crippen molar-refractivity contribution in [2.45, 2.75) is 52.4 Å². The van der Waals surface area contributed by atoms with E-state index in [-0.39, 0.29) is 11.1 Å². The summed E-state index contributed by atoms with van der Waals surface area (Å²) in [7, 11) is 0. The van der Waals surface area contributed by atoms with Crippen LogP contribution in [-0.4, -0.2) is 5.97 Å². The Kier molecular flexibility index (Phi) is 7.25. The number of rotatable bonds is 8. The summed E-state index contributed by atoms with van der Waals surface area (Å²) in [5.74, 6) is -4.58. The van der Waals surface area contributed by atoms with Crippen LogP contribution in [0.2, 0.25) is 0 Å². The smallest absolute Gasteiger partial charge is 0.346 e. The van der Waals surface area contributed by atoms with E-state index in [9.17, 15) is 18.0 Å². The molecule has 0 aliphatic rings. The molecule has 0 spiro atoms. The Labute approximate surface area is 152 Å². The Morgan fingerprint density at radius 1 is 0.923 bits per heavy atom. The first kappa shape index (κ1) is 20.0. The van der Waals surface area contributed by atoms with Crippen molar-refractivity contribution >= 4 is 5.97 Å². The number of esters is 1. The summed E-state index contributed by atoms with van der Waals surface area (Å²) in [6.07, 6.45) is 4.59. The van der Waals surface area contributed by atoms with Gasteiger partial charge in [0.1, 0.15) is 5.82 Å². The maximum atomic E-state index is 14.2. The van der Waals surface area contributed by atoms with Gasteiger partial charge in [-0.1, -0.05) is 45.2 Å². The van der Waals surface area contributed by atoms with Crippen molar-refractivity contribution in [3.05, 3.63) is 64.5 Å². The molecule has 0 saturated heterocycles. The third kappa shape index (κ3) is 4.87. The summed E-state index contributed by atoms with van der Waals surface area (Å²) in [4.78, 5) is 12.1. The first-order valence-corrected chi connectivity index (χ1v) is 8.95. The van der Waals surface area contributed by atoms with Crippen LogP contribution in [0.3, 0.4) is 0 Å². The van der Waals surface area contributed by atoms with E-state index in [2.05, 4.69) is 0 Å². The highest BCUT2D eigenvalue weighted by molar-refractivity contribution is 5.91. The fourth-order valence-electron chi connectivity index (χ4n) is 2.73. The van der Waals surface area contributed by atoms with Crippen LogP contribution >= 0.6 is 0 Å². The first-order valence-electron chi connectivity index (χ1n) is 8.95. The predicted molar refractivity (Wildman–Crippen MR) is 94.9 cm³/mol. The number of hydrogen-bond donors (Lipinski definition) is 0. The van der Waals surface area contributed by atoms with Crippen LogP contribution in [0.5, 0.6) is 5.75 Å². The fourth-order valence-corrected chi connectivity index (χ4v) is 2.73. The number of aryl methyl sites for hydroxylation is 2. The molecule has 2 rings (SSSR count). The quantitative estimate of drug-likeness (QED) is 0.326. The normalized spacial score (nSPS) is 10.8. The van der Waals surface area contributed by atoms with Crippen molar-refractivity contribution in [1.29, 1.82) is 0 Å². The van der Waals surface area contributed by atoms with Gasteiger partial charge in [-0.3, -0.25) is 0 Å². The van der Waals surface area contributed by atoms with Gasteiger partial charge in [0.05, 0.1) is 5.56 Å². The molecule has 2 aromatic rings. The molecule has 5 heteroatoms. The van der Waals surface area contributed by atoms with Gasteiger partial charge in [-0.25, -0.2) is 13.6 Å². The third-order valence-electron chi connectivity index (χ3n) is 4.17. The molecule has 0 aromatic heterocycles. The largest absolute Gasteiger partial charge is 0.420 e. The van der Waals surface area contributed by atoms with Gasteiger partial charge >= 0.3 is 5.97 Å². The van der Waals surface area contributed by atoms with E-state index >= 15 is 0 Å². The molecule has 0 radical (unpaired) electrons. The maximum absolute atomic E-state index is 14.2. The molecule has 140 valence electrons. The number of benzene rings is 2. The number of unbranched alkanes of at least 4 members (excludes halogenated alkanes) is 2. The van der Waals surface area contributed by atoms with Crippen LogP contribution in [0, 0.1) is 17.5 Å². The van der Waals surface area contributed by atoms with Gasteiger partial charge in [0, 0.05) is 0 Å². The molecular formula is C21H23F3O2. The lowest BCUT2D eigenvalue weighted by Crippen LogP contribution is -2.13. The Hall–Kier alpha value is -2.30. The van der Waals surface area contributed by atoms with Crippen molar-refractivity contribution in [3.8, 4) is 5.75 Å². The minimum atomic E-state index is -1.23. The van der Waals surface area contributed by atoms with Crippen molar-refractivity contribution in [1.82, 2.24) is 0 Å². The Morgan fingerprint density at radius 3 is 2.35 bits per heavy atom. The molecule has 26 heavy (non-hydrogen) atoms. The van der Waals surface area contributed by atoms with Crippen molar-refractivity contribution in [2.24, 2.45) is 0 Å². The molecule has 2 aromatic carbocycles. The van der Waals surface area contributed by atoms with Crippen LogP contribution < -0.4 is 4.74 Å². The molecule has 0 aliphatic carbocycles. The summed E-state index contributed by atoms with van der Waals surface area (Å²) in [6.45, 7) is 3.98. The molecule has 0 bridgehead atoms. The topological polar surface area (TPSA) is 26.3 Å². The minimum Gasteiger partial charge on any atom is -0.420 e. The highest BCUT2D eigenvalue weighted by Crippen LogP contribution is 2.25. The fraction of sp³-hybridized carbons (Fsp3) is 0.381. The van der Waals surface area contributed by atoms with Crippen LogP contribution in [0.4, 0.5) is 13.2 Å². The van der Waals surface area contributed by atoms with E-state index in [1.807, 2.05) is 13.8 Å². The Morgan fingerprint density at radius 2 is 1.69 bits per heavy atom. The van der Waals surface area contributed by atoms with E-state index in [4.69, 9.17) is 4.74 Å². The molecule has 0 N–H and O–H groups in total. The van der Waals surface area contributed by atoms with Crippen LogP contribution in [0.25, 0.3) is 0 Å². The summed E-state index contributed by atoms with van der Waals surface area (Å²) in [5.41, 5.74) is 0.692. The summed E-state index contributed by atoms with van der Waals surface area (Å²) >= 11 is 0. The summed E-state index contributed by atoms with van der Waals surface area (Å²) in [5, 5.41) is 0. The van der Waals surface area contributed by atoms with E-state index < -0.39 is 29.2 Å². The summed E-state index contributed by atoms with van der Waals surface area (Å²) < 4.78 is 47.2. The second-order valence-corrected chi connectivity index (χ2v) is 6.26. The number of ether oxygens (including phenoxy) is 1. The molecule has 0 atom stereocenters. The lowest BCUT2D eigenvalue weighted by molar-refractivity contribution is 0.0721. The number of carbonyl (C=O) groups excluding carboxylic acids is 1. The standard InChI is InChI=1S/C21H23F3O2/c1-3-5-6-8-15-10-12-18(20(24)19(15)23)26-21(25)16-11-9-14(7-4-2)13-17(16)22/h9-13H,3-8H2,1-2H3. The van der Waals surface area contributed by atoms with E-state index in [0.29, 0.717) is 12.8 Å². The SMILES string of the molecule is CCCCCc1ccc(OC(=O)c2ccc(CCC)cc2F)c(F)c1F. The maximum Gasteiger partial charge on any atom is 0.346 e. The molecule has 0 aliphatic heterocycles. The molecular weight excluding hydrogens is 341 g/mol. The second-order valence-electron chi connectivity index (χ2n) is 6.26. The third-order valence-corrected chi connectivity index (χ3v) is 4.17. The van der Waals surface area contributed by atoms with Gasteiger partial charge in [-0.15, -0.1) is 0 Å². The molecule has 0 amide bonds. The van der Waals surface area contributed by atoms with E-state index in [1.54, 1.807) is 6.07 Å². The zero-order valence-electron chi connectivity index (χ0n) is 15.1. The van der Waals surface area contributed by atoms with Crippen molar-refractivity contribution < 1.29 is 22.7 Å². The Balaban J connectivity index is 2.15. The van der Waals surface area contributed by atoms with Crippen molar-refractivity contribution in [3.63, 3.8) is 0 Å². The van der Waals surface area contributed by atoms with E-state index in [1.165, 1.54) is 24.3 Å². The number of halogens is 3.